The first-order chi connectivity index (χ1) is 13.5. The van der Waals surface area contributed by atoms with Gasteiger partial charge in [0.25, 0.3) is 5.91 Å². The molecule has 28 heavy (non-hydrogen) atoms. The van der Waals surface area contributed by atoms with E-state index in [9.17, 15) is 9.18 Å². The molecule has 144 valence electrons. The van der Waals surface area contributed by atoms with E-state index in [1.54, 1.807) is 24.3 Å². The summed E-state index contributed by atoms with van der Waals surface area (Å²) in [5.74, 6) is -0.413. The summed E-state index contributed by atoms with van der Waals surface area (Å²) in [7, 11) is 0. The van der Waals surface area contributed by atoms with Crippen molar-refractivity contribution < 1.29 is 9.18 Å². The lowest BCUT2D eigenvalue weighted by Gasteiger charge is -2.35. The Morgan fingerprint density at radius 1 is 1.29 bits per heavy atom. The number of aromatic nitrogens is 2. The molecule has 0 radical (unpaired) electrons. The van der Waals surface area contributed by atoms with Gasteiger partial charge in [0.05, 0.1) is 22.1 Å². The molecule has 1 aliphatic heterocycles. The third-order valence-corrected chi connectivity index (χ3v) is 5.27. The van der Waals surface area contributed by atoms with Crippen LogP contribution < -0.4 is 11.1 Å². The highest BCUT2D eigenvalue weighted by atomic mass is 35.5. The van der Waals surface area contributed by atoms with Crippen molar-refractivity contribution in [1.29, 1.82) is 0 Å². The third kappa shape index (κ3) is 3.63. The van der Waals surface area contributed by atoms with Gasteiger partial charge in [0, 0.05) is 11.9 Å². The number of anilines is 1. The minimum atomic E-state index is -0.544. The first-order valence-corrected chi connectivity index (χ1v) is 9.38. The van der Waals surface area contributed by atoms with Crippen LogP contribution in [0.2, 0.25) is 5.02 Å². The molecule has 1 aliphatic rings. The highest BCUT2D eigenvalue weighted by Crippen LogP contribution is 2.29. The Balaban J connectivity index is 1.73. The van der Waals surface area contributed by atoms with Crippen molar-refractivity contribution in [3.8, 4) is 0 Å². The van der Waals surface area contributed by atoms with Crippen LogP contribution in [0, 0.1) is 5.82 Å². The monoisotopic (exact) mass is 399 g/mol. The molecule has 4 rings (SSSR count). The van der Waals surface area contributed by atoms with Gasteiger partial charge in [-0.2, -0.15) is 0 Å². The van der Waals surface area contributed by atoms with Crippen molar-refractivity contribution in [2.24, 2.45) is 5.73 Å². The van der Waals surface area contributed by atoms with E-state index in [1.807, 2.05) is 6.07 Å². The fourth-order valence-corrected chi connectivity index (χ4v) is 3.54. The minimum absolute atomic E-state index is 0.0801. The Morgan fingerprint density at radius 2 is 2.11 bits per heavy atom. The highest BCUT2D eigenvalue weighted by molar-refractivity contribution is 6.30. The standard InChI is InChI=1S/C20H19ClFN5O/c21-15-9-12(5-6-16(15)22)17(10-27-7-2-8-27)26-20-14-4-1-3-13(19(23)28)18(14)24-11-25-20/h1,3-6,9,11,17H,2,7-8,10H2,(H2,23,28)(H,24,25,26)/t17-/m1/s1. The van der Waals surface area contributed by atoms with E-state index in [-0.39, 0.29) is 11.1 Å². The number of carbonyl (C=O) groups is 1. The number of likely N-dealkylation sites (tertiary alicyclic amines) is 1. The number of para-hydroxylation sites is 1. The summed E-state index contributed by atoms with van der Waals surface area (Å²) >= 11 is 6.00. The predicted octanol–water partition coefficient (Wildman–Crippen LogP) is 3.38. The molecule has 1 fully saturated rings. The van der Waals surface area contributed by atoms with Gasteiger partial charge in [0.15, 0.2) is 0 Å². The van der Waals surface area contributed by atoms with Crippen LogP contribution in [0.15, 0.2) is 42.7 Å². The molecule has 0 spiro atoms. The summed E-state index contributed by atoms with van der Waals surface area (Å²) in [5.41, 5.74) is 7.16. The Morgan fingerprint density at radius 3 is 2.79 bits per heavy atom. The molecule has 0 saturated carbocycles. The van der Waals surface area contributed by atoms with Crippen molar-refractivity contribution >= 4 is 34.2 Å². The molecule has 2 heterocycles. The van der Waals surface area contributed by atoms with Gasteiger partial charge in [-0.3, -0.25) is 4.79 Å². The Labute approximate surface area is 166 Å². The first-order valence-electron chi connectivity index (χ1n) is 9.00. The van der Waals surface area contributed by atoms with E-state index in [1.165, 1.54) is 12.4 Å². The number of hydrogen-bond donors (Lipinski definition) is 2. The van der Waals surface area contributed by atoms with Gasteiger partial charge in [0.2, 0.25) is 0 Å². The fraction of sp³-hybridized carbons (Fsp3) is 0.250. The zero-order chi connectivity index (χ0) is 19.7. The van der Waals surface area contributed by atoms with Gasteiger partial charge < -0.3 is 16.0 Å². The molecule has 0 unspecified atom stereocenters. The molecular formula is C20H19ClFN5O. The normalized spacial score (nSPS) is 15.2. The van der Waals surface area contributed by atoms with Crippen molar-refractivity contribution in [1.82, 2.24) is 14.9 Å². The maximum atomic E-state index is 13.6. The summed E-state index contributed by atoms with van der Waals surface area (Å²) in [6.45, 7) is 2.76. The Kier molecular flexibility index (Phi) is 5.11. The smallest absolute Gasteiger partial charge is 0.250 e. The summed E-state index contributed by atoms with van der Waals surface area (Å²) in [6.07, 6.45) is 2.56. The summed E-state index contributed by atoms with van der Waals surface area (Å²) in [4.78, 5) is 22.6. The second-order valence-corrected chi connectivity index (χ2v) is 7.22. The zero-order valence-electron chi connectivity index (χ0n) is 15.0. The third-order valence-electron chi connectivity index (χ3n) is 4.98. The molecule has 2 aromatic carbocycles. The number of halogens is 2. The second-order valence-electron chi connectivity index (χ2n) is 6.81. The highest BCUT2D eigenvalue weighted by Gasteiger charge is 2.22. The lowest BCUT2D eigenvalue weighted by atomic mass is 10.0. The number of nitrogens with one attached hydrogen (secondary N) is 1. The lowest BCUT2D eigenvalue weighted by Crippen LogP contribution is -2.41. The Bertz CT molecular complexity index is 1040. The van der Waals surface area contributed by atoms with Crippen LogP contribution in [0.5, 0.6) is 0 Å². The van der Waals surface area contributed by atoms with E-state index in [4.69, 9.17) is 17.3 Å². The second kappa shape index (κ2) is 7.69. The van der Waals surface area contributed by atoms with Gasteiger partial charge in [-0.15, -0.1) is 0 Å². The topological polar surface area (TPSA) is 84.1 Å². The molecular weight excluding hydrogens is 381 g/mol. The quantitative estimate of drug-likeness (QED) is 0.663. The SMILES string of the molecule is NC(=O)c1cccc2c(N[C@H](CN3CCC3)c3ccc(F)c(Cl)c3)ncnc12. The first kappa shape index (κ1) is 18.6. The molecule has 0 aliphatic carbocycles. The lowest BCUT2D eigenvalue weighted by molar-refractivity contribution is 0.100. The van der Waals surface area contributed by atoms with Crippen molar-refractivity contribution in [2.45, 2.75) is 12.5 Å². The molecule has 1 amide bonds. The van der Waals surface area contributed by atoms with Gasteiger partial charge in [-0.05, 0) is 49.3 Å². The molecule has 1 saturated heterocycles. The average Bonchev–Trinajstić information content (AvgIpc) is 2.65. The van der Waals surface area contributed by atoms with Gasteiger partial charge in [-0.25, -0.2) is 14.4 Å². The van der Waals surface area contributed by atoms with Gasteiger partial charge in [-0.1, -0.05) is 23.7 Å². The molecule has 3 N–H and O–H groups in total. The van der Waals surface area contributed by atoms with Crippen LogP contribution in [-0.4, -0.2) is 40.4 Å². The van der Waals surface area contributed by atoms with Crippen molar-refractivity contribution in [2.75, 3.05) is 25.0 Å². The summed E-state index contributed by atoms with van der Waals surface area (Å²) in [6, 6.07) is 9.78. The average molecular weight is 400 g/mol. The number of carbonyl (C=O) groups excluding carboxylic acids is 1. The summed E-state index contributed by atoms with van der Waals surface area (Å²) in [5, 5.41) is 4.20. The van der Waals surface area contributed by atoms with Crippen LogP contribution in [0.1, 0.15) is 28.4 Å². The number of primary amides is 1. The van der Waals surface area contributed by atoms with Gasteiger partial charge >= 0.3 is 0 Å². The zero-order valence-corrected chi connectivity index (χ0v) is 15.8. The molecule has 1 atom stereocenters. The molecule has 3 aromatic rings. The molecule has 0 bridgehead atoms. The number of benzene rings is 2. The van der Waals surface area contributed by atoms with Crippen LogP contribution in [-0.2, 0) is 0 Å². The van der Waals surface area contributed by atoms with Crippen molar-refractivity contribution in [3.63, 3.8) is 0 Å². The minimum Gasteiger partial charge on any atom is -0.366 e. The van der Waals surface area contributed by atoms with Crippen molar-refractivity contribution in [3.05, 3.63) is 64.7 Å². The number of rotatable bonds is 6. The van der Waals surface area contributed by atoms with E-state index >= 15 is 0 Å². The molecule has 8 heteroatoms. The summed E-state index contributed by atoms with van der Waals surface area (Å²) < 4.78 is 13.6. The number of amides is 1. The molecule has 1 aromatic heterocycles. The molecule has 6 nitrogen and oxygen atoms in total. The van der Waals surface area contributed by atoms with E-state index in [0.717, 1.165) is 31.6 Å². The van der Waals surface area contributed by atoms with E-state index < -0.39 is 11.7 Å². The fourth-order valence-electron chi connectivity index (χ4n) is 3.35. The van der Waals surface area contributed by atoms with Gasteiger partial charge in [0.1, 0.15) is 18.0 Å². The Hall–Kier alpha value is -2.77. The van der Waals surface area contributed by atoms with Crippen LogP contribution in [0.3, 0.4) is 0 Å². The van der Waals surface area contributed by atoms with Crippen LogP contribution >= 0.6 is 11.6 Å². The van der Waals surface area contributed by atoms with E-state index in [0.29, 0.717) is 22.3 Å². The number of fused-ring (bicyclic) bond motifs is 1. The largest absolute Gasteiger partial charge is 0.366 e. The maximum Gasteiger partial charge on any atom is 0.250 e. The number of hydrogen-bond acceptors (Lipinski definition) is 5. The maximum absolute atomic E-state index is 13.6. The number of nitrogens with zero attached hydrogens (tertiary/aromatic N) is 3. The predicted molar refractivity (Wildman–Crippen MR) is 107 cm³/mol. The van der Waals surface area contributed by atoms with E-state index in [2.05, 4.69) is 20.2 Å². The van der Waals surface area contributed by atoms with Crippen LogP contribution in [0.4, 0.5) is 10.2 Å². The van der Waals surface area contributed by atoms with Crippen LogP contribution in [0.25, 0.3) is 10.9 Å². The number of nitrogens with two attached hydrogens (primary N) is 1.